The first kappa shape index (κ1) is 19.2. The van der Waals surface area contributed by atoms with Gasteiger partial charge in [-0.15, -0.1) is 0 Å². The monoisotopic (exact) mass is 418 g/mol. The van der Waals surface area contributed by atoms with Crippen LogP contribution in [0, 0.1) is 0 Å². The van der Waals surface area contributed by atoms with Gasteiger partial charge in [0, 0.05) is 0 Å². The maximum Gasteiger partial charge on any atom is -1.00 e. The second-order valence-corrected chi connectivity index (χ2v) is 10.8. The second kappa shape index (κ2) is 7.95. The summed E-state index contributed by atoms with van der Waals surface area (Å²) in [4.78, 5) is 0. The van der Waals surface area contributed by atoms with Gasteiger partial charge in [0.15, 0.2) is 0 Å². The first-order valence-electron chi connectivity index (χ1n) is 8.19. The molecular formula is C21H17Cl2PTi. The minimum absolute atomic E-state index is 0. The molecule has 2 unspecified atom stereocenters. The van der Waals surface area contributed by atoms with E-state index in [2.05, 4.69) is 72.8 Å². The molecular weight excluding hydrogens is 402 g/mol. The molecule has 0 saturated carbocycles. The van der Waals surface area contributed by atoms with Gasteiger partial charge in [-0.3, -0.25) is 0 Å². The fraction of sp³-hybridized carbons (Fsp3) is 0.143. The predicted molar refractivity (Wildman–Crippen MR) is 95.8 cm³/mol. The molecule has 2 aromatic carbocycles. The van der Waals surface area contributed by atoms with Crippen molar-refractivity contribution in [2.75, 3.05) is 6.16 Å². The molecule has 0 nitrogen and oxygen atoms in total. The summed E-state index contributed by atoms with van der Waals surface area (Å²) in [5, 5.41) is 3.35. The van der Waals surface area contributed by atoms with E-state index >= 15 is 0 Å². The maximum atomic E-state index is 2.51. The van der Waals surface area contributed by atoms with Crippen molar-refractivity contribution in [1.29, 1.82) is 0 Å². The summed E-state index contributed by atoms with van der Waals surface area (Å²) in [7, 11) is -0.0416. The zero-order valence-corrected chi connectivity index (χ0v) is 17.6. The van der Waals surface area contributed by atoms with Crippen molar-refractivity contribution < 1.29 is 44.0 Å². The van der Waals surface area contributed by atoms with Crippen LogP contribution in [0.3, 0.4) is 0 Å². The van der Waals surface area contributed by atoms with E-state index in [0.717, 1.165) is 0 Å². The van der Waals surface area contributed by atoms with Crippen LogP contribution in [0.4, 0.5) is 0 Å². The fourth-order valence-electron chi connectivity index (χ4n) is 3.76. The second-order valence-electron chi connectivity index (χ2n) is 6.29. The molecule has 1 saturated heterocycles. The van der Waals surface area contributed by atoms with Crippen molar-refractivity contribution in [2.24, 2.45) is 0 Å². The molecule has 3 aliphatic rings. The molecule has 2 aliphatic carbocycles. The average molecular weight is 419 g/mol. The maximum absolute atomic E-state index is 2.51. The van der Waals surface area contributed by atoms with Crippen LogP contribution in [0.1, 0.15) is 21.8 Å². The van der Waals surface area contributed by atoms with E-state index < -0.39 is 0 Å². The summed E-state index contributed by atoms with van der Waals surface area (Å²) in [5.41, 5.74) is 4.68. The normalized spacial score (nSPS) is 22.0. The van der Waals surface area contributed by atoms with Crippen molar-refractivity contribution in [3.63, 3.8) is 0 Å². The molecule has 4 heteroatoms. The summed E-state index contributed by atoms with van der Waals surface area (Å²) >= 11 is -0.107. The van der Waals surface area contributed by atoms with Gasteiger partial charge < -0.3 is 24.8 Å². The van der Waals surface area contributed by atoms with Crippen LogP contribution >= 0.6 is 7.92 Å². The minimum atomic E-state index is -0.107. The SMILES string of the molecule is C1=C[CH]([Ti+2][C]2=C3C(=CC2)CP3c2ccccc2)c2ccccc21.[Cl-].[Cl-]. The molecule has 1 heterocycles. The molecule has 2 atom stereocenters. The summed E-state index contributed by atoms with van der Waals surface area (Å²) in [6.45, 7) is 0. The summed E-state index contributed by atoms with van der Waals surface area (Å²) in [6, 6.07) is 20.1. The van der Waals surface area contributed by atoms with Crippen LogP contribution in [0.25, 0.3) is 6.08 Å². The van der Waals surface area contributed by atoms with Gasteiger partial charge in [0.2, 0.25) is 0 Å². The zero-order chi connectivity index (χ0) is 15.2. The zero-order valence-electron chi connectivity index (χ0n) is 13.6. The molecule has 124 valence electrons. The standard InChI is InChI=1S/C12H10P.C9H7.2ClH.Ti/c1-2-6-11(7-3-1)13-9-10-5-4-8-12(10)13;1-2-5-9-7-3-6-8(9)4-1;;;/h1-3,5-7H,4,9H2;1-7H;2*1H;/q;;;;+2/p-2. The first-order valence-corrected chi connectivity index (χ1v) is 11.4. The fourth-order valence-corrected chi connectivity index (χ4v) is 9.43. The number of hydrogen-bond donors (Lipinski definition) is 0. The first-order chi connectivity index (χ1) is 11.4. The quantitative estimate of drug-likeness (QED) is 0.452. The Morgan fingerprint density at radius 3 is 2.52 bits per heavy atom. The molecule has 2 aromatic rings. The number of fused-ring (bicyclic) bond motifs is 2. The van der Waals surface area contributed by atoms with Crippen LogP contribution in [0.5, 0.6) is 0 Å². The Bertz CT molecular complexity index is 870. The van der Waals surface area contributed by atoms with Crippen molar-refractivity contribution in [3.05, 3.63) is 92.6 Å². The molecule has 5 rings (SSSR count). The molecule has 0 spiro atoms. The van der Waals surface area contributed by atoms with Gasteiger partial charge in [-0.2, -0.15) is 0 Å². The van der Waals surface area contributed by atoms with Crippen molar-refractivity contribution in [2.45, 2.75) is 10.6 Å². The Hall–Kier alpha value is -0.616. The predicted octanol–water partition coefficient (Wildman–Crippen LogP) is -0.792. The molecule has 25 heavy (non-hydrogen) atoms. The van der Waals surface area contributed by atoms with Crippen LogP contribution in [-0.2, 0) is 19.2 Å². The molecule has 0 radical (unpaired) electrons. The van der Waals surface area contributed by atoms with Crippen molar-refractivity contribution in [1.82, 2.24) is 0 Å². The Morgan fingerprint density at radius 1 is 0.920 bits per heavy atom. The third-order valence-electron chi connectivity index (χ3n) is 4.94. The van der Waals surface area contributed by atoms with E-state index in [0.29, 0.717) is 4.22 Å². The van der Waals surface area contributed by atoms with E-state index in [1.165, 1.54) is 18.1 Å². The summed E-state index contributed by atoms with van der Waals surface area (Å²) in [5.74, 6) is 0. The summed E-state index contributed by atoms with van der Waals surface area (Å²) < 4.78 is 2.53. The number of benzene rings is 2. The van der Waals surface area contributed by atoms with Gasteiger partial charge in [-0.05, 0) is 0 Å². The molecule has 0 amide bonds. The van der Waals surface area contributed by atoms with Gasteiger partial charge in [0.1, 0.15) is 0 Å². The average Bonchev–Trinajstić information content (AvgIpc) is 3.11. The molecule has 0 aromatic heterocycles. The van der Waals surface area contributed by atoms with E-state index in [9.17, 15) is 0 Å². The molecule has 0 N–H and O–H groups in total. The van der Waals surface area contributed by atoms with Gasteiger partial charge in [0.05, 0.1) is 0 Å². The van der Waals surface area contributed by atoms with E-state index in [1.54, 1.807) is 21.8 Å². The Labute approximate surface area is 172 Å². The van der Waals surface area contributed by atoms with E-state index in [1.807, 2.05) is 3.88 Å². The van der Waals surface area contributed by atoms with Crippen molar-refractivity contribution in [3.8, 4) is 0 Å². The topological polar surface area (TPSA) is 0 Å². The van der Waals surface area contributed by atoms with E-state index in [-0.39, 0.29) is 51.9 Å². The Morgan fingerprint density at radius 2 is 1.68 bits per heavy atom. The number of rotatable bonds is 3. The van der Waals surface area contributed by atoms with Gasteiger partial charge in [0.25, 0.3) is 0 Å². The van der Waals surface area contributed by atoms with Crippen LogP contribution in [0.15, 0.2) is 81.5 Å². The van der Waals surface area contributed by atoms with Crippen LogP contribution in [-0.4, -0.2) is 6.16 Å². The van der Waals surface area contributed by atoms with E-state index in [4.69, 9.17) is 0 Å². The van der Waals surface area contributed by atoms with Crippen molar-refractivity contribution >= 4 is 19.3 Å². The number of hydrogen-bond acceptors (Lipinski definition) is 0. The summed E-state index contributed by atoms with van der Waals surface area (Å²) in [6.07, 6.45) is 9.86. The Balaban J connectivity index is 0.000000911. The molecule has 1 fully saturated rings. The Kier molecular flexibility index (Phi) is 6.09. The smallest absolute Gasteiger partial charge is 1.00 e. The molecule has 1 aliphatic heterocycles. The largest absolute Gasteiger partial charge is 1.00 e. The van der Waals surface area contributed by atoms with Crippen LogP contribution < -0.4 is 30.1 Å². The minimum Gasteiger partial charge on any atom is -1.00 e. The third-order valence-corrected chi connectivity index (χ3v) is 10.5. The molecule has 0 bridgehead atoms. The number of halogens is 2. The third kappa shape index (κ3) is 3.36. The van der Waals surface area contributed by atoms with Gasteiger partial charge >= 0.3 is 148 Å². The number of allylic oxidation sites excluding steroid dienone is 5. The van der Waals surface area contributed by atoms with Gasteiger partial charge in [-0.25, -0.2) is 0 Å². The van der Waals surface area contributed by atoms with Gasteiger partial charge in [-0.1, -0.05) is 0 Å². The van der Waals surface area contributed by atoms with Crippen LogP contribution in [0.2, 0.25) is 0 Å².